The van der Waals surface area contributed by atoms with Crippen molar-refractivity contribution in [2.45, 2.75) is 63.9 Å². The number of para-hydroxylation sites is 2. The van der Waals surface area contributed by atoms with E-state index in [1.807, 2.05) is 0 Å². The normalized spacial score (nSPS) is 18.9. The van der Waals surface area contributed by atoms with Crippen molar-refractivity contribution in [1.82, 2.24) is 10.6 Å². The summed E-state index contributed by atoms with van der Waals surface area (Å²) in [4.78, 5) is 0. The molecule has 2 unspecified atom stereocenters. The maximum Gasteiger partial charge on any atom is 0.103 e. The SMILES string of the molecule is Cc1ccc(C(Nc2ccccc2)N[C@@H]2CCCC[C@H]2NC(Nc2ccccc2)c2ccc(C)cc2)cc1. The zero-order chi connectivity index (χ0) is 26.2. The number of hydrogen-bond acceptors (Lipinski definition) is 4. The molecular formula is C34H40N4. The van der Waals surface area contributed by atoms with Crippen LogP contribution in [0, 0.1) is 13.8 Å². The Hall–Kier alpha value is -3.60. The van der Waals surface area contributed by atoms with Crippen LogP contribution < -0.4 is 21.3 Å². The van der Waals surface area contributed by atoms with Gasteiger partial charge in [0.15, 0.2) is 0 Å². The van der Waals surface area contributed by atoms with Crippen molar-refractivity contribution in [3.8, 4) is 0 Å². The molecule has 38 heavy (non-hydrogen) atoms. The van der Waals surface area contributed by atoms with E-state index in [0.717, 1.165) is 24.2 Å². The second kappa shape index (κ2) is 12.8. The van der Waals surface area contributed by atoms with E-state index in [9.17, 15) is 0 Å². The second-order valence-electron chi connectivity index (χ2n) is 10.5. The van der Waals surface area contributed by atoms with Crippen molar-refractivity contribution in [2.75, 3.05) is 10.6 Å². The van der Waals surface area contributed by atoms with Gasteiger partial charge in [0.25, 0.3) is 0 Å². The number of benzene rings is 4. The first-order chi connectivity index (χ1) is 18.6. The Morgan fingerprint density at radius 3 is 1.24 bits per heavy atom. The average Bonchev–Trinajstić information content (AvgIpc) is 2.95. The van der Waals surface area contributed by atoms with Crippen molar-refractivity contribution in [3.63, 3.8) is 0 Å². The molecule has 4 aromatic carbocycles. The van der Waals surface area contributed by atoms with Gasteiger partial charge in [0.2, 0.25) is 0 Å². The molecule has 4 nitrogen and oxygen atoms in total. The summed E-state index contributed by atoms with van der Waals surface area (Å²) in [5, 5.41) is 15.6. The molecule has 5 rings (SSSR count). The summed E-state index contributed by atoms with van der Waals surface area (Å²) in [5.74, 6) is 0. The maximum atomic E-state index is 4.02. The van der Waals surface area contributed by atoms with Gasteiger partial charge in [-0.2, -0.15) is 0 Å². The first kappa shape index (κ1) is 26.0. The number of hydrogen-bond donors (Lipinski definition) is 4. The number of anilines is 2. The van der Waals surface area contributed by atoms with Crippen LogP contribution >= 0.6 is 0 Å². The number of rotatable bonds is 10. The Kier molecular flexibility index (Phi) is 8.75. The molecule has 0 aromatic heterocycles. The predicted octanol–water partition coefficient (Wildman–Crippen LogP) is 7.72. The lowest BCUT2D eigenvalue weighted by atomic mass is 9.89. The van der Waals surface area contributed by atoms with Crippen LogP contribution in [0.5, 0.6) is 0 Å². The van der Waals surface area contributed by atoms with Crippen LogP contribution in [0.1, 0.15) is 60.3 Å². The molecule has 4 heteroatoms. The van der Waals surface area contributed by atoms with Crippen LogP contribution in [0.4, 0.5) is 11.4 Å². The van der Waals surface area contributed by atoms with Gasteiger partial charge < -0.3 is 10.6 Å². The predicted molar refractivity (Wildman–Crippen MR) is 160 cm³/mol. The first-order valence-electron chi connectivity index (χ1n) is 13.9. The highest BCUT2D eigenvalue weighted by atomic mass is 15.2. The van der Waals surface area contributed by atoms with Crippen molar-refractivity contribution in [1.29, 1.82) is 0 Å². The van der Waals surface area contributed by atoms with Gasteiger partial charge in [0, 0.05) is 23.5 Å². The quantitative estimate of drug-likeness (QED) is 0.167. The number of nitrogens with one attached hydrogen (secondary N) is 4. The van der Waals surface area contributed by atoms with Crippen LogP contribution in [-0.4, -0.2) is 12.1 Å². The van der Waals surface area contributed by atoms with Gasteiger partial charge in [-0.3, -0.25) is 10.6 Å². The molecule has 1 aliphatic carbocycles. The Bertz CT molecular complexity index is 1140. The maximum absolute atomic E-state index is 4.02. The third-order valence-electron chi connectivity index (χ3n) is 7.52. The van der Waals surface area contributed by atoms with E-state index in [-0.39, 0.29) is 12.3 Å². The highest BCUT2D eigenvalue weighted by Crippen LogP contribution is 2.27. The molecule has 4 atom stereocenters. The molecule has 196 valence electrons. The van der Waals surface area contributed by atoms with E-state index in [0.29, 0.717) is 12.1 Å². The third kappa shape index (κ3) is 7.03. The van der Waals surface area contributed by atoms with E-state index in [1.54, 1.807) is 0 Å². The standard InChI is InChI=1S/C34H40N4/c1-25-17-21-27(22-18-25)33(35-29-11-5-3-6-12-29)37-31-15-9-10-16-32(31)38-34(28-23-19-26(2)20-24-28)36-30-13-7-4-8-14-30/h3-8,11-14,17-24,31-38H,9-10,15-16H2,1-2H3/t31-,32-,33?,34?/m1/s1. The molecule has 0 radical (unpaired) electrons. The largest absolute Gasteiger partial charge is 0.366 e. The topological polar surface area (TPSA) is 48.1 Å². The lowest BCUT2D eigenvalue weighted by Crippen LogP contribution is -2.53. The summed E-state index contributed by atoms with van der Waals surface area (Å²) >= 11 is 0. The van der Waals surface area contributed by atoms with Crippen molar-refractivity contribution in [3.05, 3.63) is 131 Å². The van der Waals surface area contributed by atoms with E-state index in [2.05, 4.69) is 144 Å². The van der Waals surface area contributed by atoms with Crippen LogP contribution in [0.3, 0.4) is 0 Å². The summed E-state index contributed by atoms with van der Waals surface area (Å²) in [6.45, 7) is 4.28. The van der Waals surface area contributed by atoms with Crippen LogP contribution in [0.15, 0.2) is 109 Å². The van der Waals surface area contributed by atoms with Gasteiger partial charge >= 0.3 is 0 Å². The molecule has 4 N–H and O–H groups in total. The van der Waals surface area contributed by atoms with Gasteiger partial charge in [-0.15, -0.1) is 0 Å². The zero-order valence-electron chi connectivity index (χ0n) is 22.5. The summed E-state index contributed by atoms with van der Waals surface area (Å²) in [6, 6.07) is 39.4. The fourth-order valence-electron chi connectivity index (χ4n) is 5.32. The Labute approximate surface area is 227 Å². The van der Waals surface area contributed by atoms with E-state index < -0.39 is 0 Å². The van der Waals surface area contributed by atoms with Crippen LogP contribution in [0.2, 0.25) is 0 Å². The minimum atomic E-state index is 0.0188. The van der Waals surface area contributed by atoms with Gasteiger partial charge in [-0.25, -0.2) is 0 Å². The van der Waals surface area contributed by atoms with Crippen molar-refractivity contribution < 1.29 is 0 Å². The van der Waals surface area contributed by atoms with Gasteiger partial charge in [-0.1, -0.05) is 109 Å². The zero-order valence-corrected chi connectivity index (χ0v) is 22.5. The van der Waals surface area contributed by atoms with Crippen LogP contribution in [0.25, 0.3) is 0 Å². The minimum absolute atomic E-state index is 0.0188. The fraction of sp³-hybridized carbons (Fsp3) is 0.294. The highest BCUT2D eigenvalue weighted by Gasteiger charge is 2.30. The molecule has 1 aliphatic rings. The summed E-state index contributed by atoms with van der Waals surface area (Å²) < 4.78 is 0. The van der Waals surface area contributed by atoms with E-state index in [4.69, 9.17) is 0 Å². The van der Waals surface area contributed by atoms with Gasteiger partial charge in [0.1, 0.15) is 12.3 Å². The number of aryl methyl sites for hydroxylation is 2. The molecule has 1 fully saturated rings. The second-order valence-corrected chi connectivity index (χ2v) is 10.5. The molecule has 0 amide bonds. The molecule has 0 spiro atoms. The van der Waals surface area contributed by atoms with Crippen LogP contribution in [-0.2, 0) is 0 Å². The third-order valence-corrected chi connectivity index (χ3v) is 7.52. The lowest BCUT2D eigenvalue weighted by Gasteiger charge is -2.39. The molecule has 0 aliphatic heterocycles. The van der Waals surface area contributed by atoms with Crippen molar-refractivity contribution in [2.24, 2.45) is 0 Å². The summed E-state index contributed by atoms with van der Waals surface area (Å²) in [6.07, 6.45) is 4.80. The van der Waals surface area contributed by atoms with Gasteiger partial charge in [-0.05, 0) is 62.1 Å². The van der Waals surface area contributed by atoms with E-state index in [1.165, 1.54) is 35.1 Å². The molecule has 0 bridgehead atoms. The minimum Gasteiger partial charge on any atom is -0.366 e. The average molecular weight is 505 g/mol. The fourth-order valence-corrected chi connectivity index (χ4v) is 5.32. The Morgan fingerprint density at radius 2 is 0.868 bits per heavy atom. The first-order valence-corrected chi connectivity index (χ1v) is 13.9. The van der Waals surface area contributed by atoms with Gasteiger partial charge in [0.05, 0.1) is 0 Å². The summed E-state index contributed by atoms with van der Waals surface area (Å²) in [7, 11) is 0. The Morgan fingerprint density at radius 1 is 0.500 bits per heavy atom. The van der Waals surface area contributed by atoms with Crippen molar-refractivity contribution >= 4 is 11.4 Å². The monoisotopic (exact) mass is 504 g/mol. The smallest absolute Gasteiger partial charge is 0.103 e. The highest BCUT2D eigenvalue weighted by molar-refractivity contribution is 5.46. The molecular weight excluding hydrogens is 464 g/mol. The van der Waals surface area contributed by atoms with E-state index >= 15 is 0 Å². The lowest BCUT2D eigenvalue weighted by molar-refractivity contribution is 0.257. The molecule has 0 heterocycles. The molecule has 1 saturated carbocycles. The summed E-state index contributed by atoms with van der Waals surface area (Å²) in [5.41, 5.74) is 7.29. The molecule has 0 saturated heterocycles. The molecule has 4 aromatic rings. The Balaban J connectivity index is 1.38.